The van der Waals surface area contributed by atoms with Crippen LogP contribution in [0.2, 0.25) is 0 Å². The van der Waals surface area contributed by atoms with Crippen LogP contribution >= 0.6 is 0 Å². The maximum atomic E-state index is 12.1. The maximum Gasteiger partial charge on any atom is 0.238 e. The number of aromatic nitrogens is 1. The molecule has 110 valence electrons. The van der Waals surface area contributed by atoms with E-state index in [0.29, 0.717) is 18.8 Å². The van der Waals surface area contributed by atoms with E-state index >= 15 is 0 Å². The van der Waals surface area contributed by atoms with Gasteiger partial charge in [0.1, 0.15) is 0 Å². The number of benzene rings is 1. The molecule has 3 N–H and O–H groups in total. The molecule has 21 heavy (non-hydrogen) atoms. The number of rotatable bonds is 5. The topological polar surface area (TPSA) is 71.2 Å². The summed E-state index contributed by atoms with van der Waals surface area (Å²) in [5.74, 6) is -0.0422. The highest BCUT2D eigenvalue weighted by molar-refractivity contribution is 5.93. The highest BCUT2D eigenvalue weighted by Crippen LogP contribution is 2.17. The molecule has 0 unspecified atom stereocenters. The lowest BCUT2D eigenvalue weighted by molar-refractivity contribution is -0.117. The van der Waals surface area contributed by atoms with E-state index in [9.17, 15) is 4.79 Å². The first-order valence-electron chi connectivity index (χ1n) is 6.78. The lowest BCUT2D eigenvalue weighted by Crippen LogP contribution is -2.30. The van der Waals surface area contributed by atoms with Crippen molar-refractivity contribution in [2.24, 2.45) is 0 Å². The highest BCUT2D eigenvalue weighted by atomic mass is 16.2. The summed E-state index contributed by atoms with van der Waals surface area (Å²) in [6, 6.07) is 9.34. The van der Waals surface area contributed by atoms with Crippen LogP contribution in [-0.2, 0) is 11.3 Å². The molecule has 0 fully saturated rings. The van der Waals surface area contributed by atoms with Crippen molar-refractivity contribution in [3.8, 4) is 0 Å². The van der Waals surface area contributed by atoms with Crippen molar-refractivity contribution in [2.45, 2.75) is 13.5 Å². The molecule has 0 bridgehead atoms. The first-order chi connectivity index (χ1) is 10.0. The SMILES string of the molecule is Cc1cc(N)ccc1NC(=O)CN(C)Cc1ccncc1. The molecule has 1 amide bonds. The van der Waals surface area contributed by atoms with E-state index in [1.54, 1.807) is 18.5 Å². The minimum atomic E-state index is -0.0422. The van der Waals surface area contributed by atoms with Gasteiger partial charge in [0.15, 0.2) is 0 Å². The molecule has 0 atom stereocenters. The molecular weight excluding hydrogens is 264 g/mol. The molecule has 5 heteroatoms. The van der Waals surface area contributed by atoms with Gasteiger partial charge in [-0.25, -0.2) is 0 Å². The molecule has 1 aromatic heterocycles. The lowest BCUT2D eigenvalue weighted by atomic mass is 10.2. The van der Waals surface area contributed by atoms with Gasteiger partial charge in [0.25, 0.3) is 0 Å². The average molecular weight is 284 g/mol. The fraction of sp³-hybridized carbons (Fsp3) is 0.250. The Labute approximate surface area is 124 Å². The van der Waals surface area contributed by atoms with Crippen molar-refractivity contribution < 1.29 is 4.79 Å². The van der Waals surface area contributed by atoms with Gasteiger partial charge >= 0.3 is 0 Å². The number of carbonyl (C=O) groups excluding carboxylic acids is 1. The number of nitrogens with one attached hydrogen (secondary N) is 1. The molecule has 2 rings (SSSR count). The van der Waals surface area contributed by atoms with E-state index in [1.807, 2.05) is 43.1 Å². The van der Waals surface area contributed by atoms with Crippen molar-refractivity contribution >= 4 is 17.3 Å². The second kappa shape index (κ2) is 6.85. The van der Waals surface area contributed by atoms with E-state index in [2.05, 4.69) is 10.3 Å². The summed E-state index contributed by atoms with van der Waals surface area (Å²) in [4.78, 5) is 18.0. The molecular formula is C16H20N4O. The summed E-state index contributed by atoms with van der Waals surface area (Å²) in [7, 11) is 1.91. The molecule has 1 heterocycles. The number of amides is 1. The van der Waals surface area contributed by atoms with Crippen molar-refractivity contribution in [2.75, 3.05) is 24.6 Å². The fourth-order valence-electron chi connectivity index (χ4n) is 2.12. The van der Waals surface area contributed by atoms with Gasteiger partial charge in [-0.15, -0.1) is 0 Å². The van der Waals surface area contributed by atoms with Gasteiger partial charge in [-0.2, -0.15) is 0 Å². The molecule has 0 aliphatic rings. The molecule has 0 radical (unpaired) electrons. The van der Waals surface area contributed by atoms with E-state index in [1.165, 1.54) is 0 Å². The minimum absolute atomic E-state index is 0.0422. The fourth-order valence-corrected chi connectivity index (χ4v) is 2.12. The van der Waals surface area contributed by atoms with Crippen LogP contribution in [0, 0.1) is 6.92 Å². The standard InChI is InChI=1S/C16H20N4O/c1-12-9-14(17)3-4-15(12)19-16(21)11-20(2)10-13-5-7-18-8-6-13/h3-9H,10-11,17H2,1-2H3,(H,19,21). The van der Waals surface area contributed by atoms with Gasteiger partial charge in [0.2, 0.25) is 5.91 Å². The van der Waals surface area contributed by atoms with Crippen molar-refractivity contribution in [3.63, 3.8) is 0 Å². The molecule has 2 aromatic rings. The quantitative estimate of drug-likeness (QED) is 0.824. The Morgan fingerprint density at radius 2 is 2.00 bits per heavy atom. The number of pyridine rings is 1. The third-order valence-electron chi connectivity index (χ3n) is 3.14. The second-order valence-corrected chi connectivity index (χ2v) is 5.15. The summed E-state index contributed by atoms with van der Waals surface area (Å²) in [5, 5.41) is 2.91. The number of anilines is 2. The number of nitrogens with two attached hydrogens (primary N) is 1. The largest absolute Gasteiger partial charge is 0.399 e. The van der Waals surface area contributed by atoms with Crippen molar-refractivity contribution in [3.05, 3.63) is 53.9 Å². The van der Waals surface area contributed by atoms with Crippen LogP contribution in [0.4, 0.5) is 11.4 Å². The van der Waals surface area contributed by atoms with E-state index < -0.39 is 0 Å². The summed E-state index contributed by atoms with van der Waals surface area (Å²) in [6.07, 6.45) is 3.50. The third kappa shape index (κ3) is 4.57. The first-order valence-corrected chi connectivity index (χ1v) is 6.78. The summed E-state index contributed by atoms with van der Waals surface area (Å²) >= 11 is 0. The van der Waals surface area contributed by atoms with Gasteiger partial charge < -0.3 is 11.1 Å². The van der Waals surface area contributed by atoms with E-state index in [4.69, 9.17) is 5.73 Å². The predicted octanol–water partition coefficient (Wildman–Crippen LogP) is 2.04. The molecule has 0 spiro atoms. The predicted molar refractivity (Wildman–Crippen MR) is 84.8 cm³/mol. The Morgan fingerprint density at radius 3 is 2.67 bits per heavy atom. The van der Waals surface area contributed by atoms with Crippen LogP contribution in [0.25, 0.3) is 0 Å². The lowest BCUT2D eigenvalue weighted by Gasteiger charge is -2.17. The Morgan fingerprint density at radius 1 is 1.29 bits per heavy atom. The van der Waals surface area contributed by atoms with Crippen LogP contribution < -0.4 is 11.1 Å². The average Bonchev–Trinajstić information content (AvgIpc) is 2.43. The normalized spacial score (nSPS) is 10.6. The molecule has 1 aromatic carbocycles. The second-order valence-electron chi connectivity index (χ2n) is 5.15. The van der Waals surface area contributed by atoms with Crippen LogP contribution in [0.3, 0.4) is 0 Å². The maximum absolute atomic E-state index is 12.1. The Hall–Kier alpha value is -2.40. The zero-order chi connectivity index (χ0) is 15.2. The highest BCUT2D eigenvalue weighted by Gasteiger charge is 2.09. The number of nitrogen functional groups attached to an aromatic ring is 1. The third-order valence-corrected chi connectivity index (χ3v) is 3.14. The van der Waals surface area contributed by atoms with Crippen LogP contribution in [0.5, 0.6) is 0 Å². The first kappa shape index (κ1) is 15.0. The van der Waals surface area contributed by atoms with Crippen LogP contribution in [0.1, 0.15) is 11.1 Å². The smallest absolute Gasteiger partial charge is 0.238 e. The molecule has 0 saturated carbocycles. The molecule has 0 aliphatic heterocycles. The van der Waals surface area contributed by atoms with Crippen LogP contribution in [-0.4, -0.2) is 29.4 Å². The summed E-state index contributed by atoms with van der Waals surface area (Å²) in [6.45, 7) is 2.95. The number of likely N-dealkylation sites (N-methyl/N-ethyl adjacent to an activating group) is 1. The zero-order valence-electron chi connectivity index (χ0n) is 12.3. The molecule has 0 aliphatic carbocycles. The van der Waals surface area contributed by atoms with E-state index in [0.717, 1.165) is 16.8 Å². The summed E-state index contributed by atoms with van der Waals surface area (Å²) in [5.41, 5.74) is 9.28. The van der Waals surface area contributed by atoms with Gasteiger partial charge in [-0.1, -0.05) is 0 Å². The Kier molecular flexibility index (Phi) is 4.90. The zero-order valence-corrected chi connectivity index (χ0v) is 12.3. The minimum Gasteiger partial charge on any atom is -0.399 e. The Balaban J connectivity index is 1.89. The number of hydrogen-bond donors (Lipinski definition) is 2. The van der Waals surface area contributed by atoms with Gasteiger partial charge in [0.05, 0.1) is 6.54 Å². The van der Waals surface area contributed by atoms with E-state index in [-0.39, 0.29) is 5.91 Å². The number of hydrogen-bond acceptors (Lipinski definition) is 4. The number of nitrogens with zero attached hydrogens (tertiary/aromatic N) is 2. The molecule has 0 saturated heterocycles. The van der Waals surface area contributed by atoms with Gasteiger partial charge in [0, 0.05) is 30.3 Å². The Bertz CT molecular complexity index is 613. The monoisotopic (exact) mass is 284 g/mol. The van der Waals surface area contributed by atoms with Gasteiger partial charge in [-0.05, 0) is 55.4 Å². The number of aryl methyl sites for hydroxylation is 1. The summed E-state index contributed by atoms with van der Waals surface area (Å²) < 4.78 is 0. The van der Waals surface area contributed by atoms with Crippen LogP contribution in [0.15, 0.2) is 42.7 Å². The molecule has 5 nitrogen and oxygen atoms in total. The van der Waals surface area contributed by atoms with Gasteiger partial charge in [-0.3, -0.25) is 14.7 Å². The van der Waals surface area contributed by atoms with Crippen molar-refractivity contribution in [1.29, 1.82) is 0 Å². The number of carbonyl (C=O) groups is 1. The van der Waals surface area contributed by atoms with Crippen molar-refractivity contribution in [1.82, 2.24) is 9.88 Å².